The lowest BCUT2D eigenvalue weighted by atomic mass is 9.92. The Morgan fingerprint density at radius 2 is 1.96 bits per heavy atom. The van der Waals surface area contributed by atoms with Gasteiger partial charge < -0.3 is 15.5 Å². The van der Waals surface area contributed by atoms with Crippen molar-refractivity contribution >= 4 is 5.91 Å². The minimum absolute atomic E-state index is 0.0712. The summed E-state index contributed by atoms with van der Waals surface area (Å²) in [5, 5.41) is 22.3. The van der Waals surface area contributed by atoms with Gasteiger partial charge in [0.05, 0.1) is 0 Å². The lowest BCUT2D eigenvalue weighted by Crippen LogP contribution is -2.28. The van der Waals surface area contributed by atoms with Crippen molar-refractivity contribution in [3.8, 4) is 23.1 Å². The molecule has 2 aromatic rings. The Morgan fingerprint density at radius 3 is 2.57 bits per heavy atom. The zero-order valence-electron chi connectivity index (χ0n) is 13.4. The Hall–Kier alpha value is -2.70. The minimum Gasteiger partial charge on any atom is -0.501 e. The van der Waals surface area contributed by atoms with Crippen molar-refractivity contribution in [3.05, 3.63) is 30.1 Å². The van der Waals surface area contributed by atoms with Gasteiger partial charge in [0.2, 0.25) is 5.75 Å². The molecule has 1 amide bonds. The van der Waals surface area contributed by atoms with E-state index in [2.05, 4.69) is 41.0 Å². The van der Waals surface area contributed by atoms with Crippen molar-refractivity contribution < 1.29 is 15.0 Å². The van der Waals surface area contributed by atoms with Crippen LogP contribution >= 0.6 is 0 Å². The van der Waals surface area contributed by atoms with Crippen LogP contribution in [0.2, 0.25) is 0 Å². The van der Waals surface area contributed by atoms with Crippen molar-refractivity contribution in [2.45, 2.75) is 27.2 Å². The van der Waals surface area contributed by atoms with Crippen LogP contribution in [0, 0.1) is 5.41 Å². The molecule has 0 spiro atoms. The maximum atomic E-state index is 12.2. The van der Waals surface area contributed by atoms with E-state index in [-0.39, 0.29) is 16.9 Å². The number of pyridine rings is 1. The van der Waals surface area contributed by atoms with Gasteiger partial charge in [-0.05, 0) is 24.0 Å². The summed E-state index contributed by atoms with van der Waals surface area (Å²) < 4.78 is 0. The second kappa shape index (κ2) is 6.60. The first-order valence-electron chi connectivity index (χ1n) is 7.27. The van der Waals surface area contributed by atoms with Gasteiger partial charge in [0.15, 0.2) is 11.5 Å². The highest BCUT2D eigenvalue weighted by molar-refractivity contribution is 5.95. The van der Waals surface area contributed by atoms with Gasteiger partial charge in [-0.2, -0.15) is 4.98 Å². The molecule has 0 aliphatic heterocycles. The number of aromatic nitrogens is 3. The molecule has 7 nitrogen and oxygen atoms in total. The van der Waals surface area contributed by atoms with E-state index in [1.807, 2.05) is 0 Å². The molecule has 0 atom stereocenters. The van der Waals surface area contributed by atoms with E-state index in [1.165, 1.54) is 0 Å². The van der Waals surface area contributed by atoms with Gasteiger partial charge in [-0.25, -0.2) is 4.98 Å². The van der Waals surface area contributed by atoms with Crippen LogP contribution in [0.15, 0.2) is 24.4 Å². The third kappa shape index (κ3) is 4.38. The summed E-state index contributed by atoms with van der Waals surface area (Å²) >= 11 is 0. The number of amides is 1. The highest BCUT2D eigenvalue weighted by Crippen LogP contribution is 2.28. The third-order valence-electron chi connectivity index (χ3n) is 3.14. The van der Waals surface area contributed by atoms with Crippen molar-refractivity contribution in [2.24, 2.45) is 5.41 Å². The molecule has 0 aliphatic rings. The Bertz CT molecular complexity index is 696. The van der Waals surface area contributed by atoms with Crippen molar-refractivity contribution in [2.75, 3.05) is 6.54 Å². The quantitative estimate of drug-likeness (QED) is 0.797. The van der Waals surface area contributed by atoms with E-state index >= 15 is 0 Å². The summed E-state index contributed by atoms with van der Waals surface area (Å²) in [7, 11) is 0. The molecule has 3 N–H and O–H groups in total. The normalized spacial score (nSPS) is 11.3. The first kappa shape index (κ1) is 16.7. The molecule has 2 heterocycles. The lowest BCUT2D eigenvalue weighted by molar-refractivity contribution is 0.0940. The van der Waals surface area contributed by atoms with Crippen LogP contribution in [0.4, 0.5) is 0 Å². The average molecular weight is 316 g/mol. The van der Waals surface area contributed by atoms with E-state index in [4.69, 9.17) is 0 Å². The van der Waals surface area contributed by atoms with Crippen LogP contribution in [0.1, 0.15) is 37.7 Å². The maximum absolute atomic E-state index is 12.2. The highest BCUT2D eigenvalue weighted by Gasteiger charge is 2.21. The Kier molecular flexibility index (Phi) is 4.78. The molecule has 0 fully saturated rings. The van der Waals surface area contributed by atoms with Gasteiger partial charge >= 0.3 is 0 Å². The number of carbonyl (C=O) groups excluding carboxylic acids is 1. The predicted octanol–water partition coefficient (Wildman–Crippen LogP) is 2.12. The largest absolute Gasteiger partial charge is 0.501 e. The van der Waals surface area contributed by atoms with E-state index in [9.17, 15) is 15.0 Å². The van der Waals surface area contributed by atoms with Crippen LogP contribution in [0.5, 0.6) is 11.6 Å². The molecule has 0 aliphatic carbocycles. The molecule has 7 heteroatoms. The van der Waals surface area contributed by atoms with Crippen LogP contribution in [0.3, 0.4) is 0 Å². The SMILES string of the molecule is CC(C)(C)CCNC(=O)c1nc(-c2ccccn2)nc(O)c1O. The Labute approximate surface area is 134 Å². The second-order valence-electron chi connectivity index (χ2n) is 6.35. The molecule has 0 saturated carbocycles. The van der Waals surface area contributed by atoms with Crippen molar-refractivity contribution in [3.63, 3.8) is 0 Å². The summed E-state index contributed by atoms with van der Waals surface area (Å²) in [6, 6.07) is 5.11. The highest BCUT2D eigenvalue weighted by atomic mass is 16.3. The zero-order chi connectivity index (χ0) is 17.0. The second-order valence-corrected chi connectivity index (χ2v) is 6.35. The fourth-order valence-electron chi connectivity index (χ4n) is 1.85. The smallest absolute Gasteiger partial charge is 0.274 e. The summed E-state index contributed by atoms with van der Waals surface area (Å²) in [6.07, 6.45) is 2.31. The molecule has 23 heavy (non-hydrogen) atoms. The molecule has 2 rings (SSSR count). The first-order chi connectivity index (χ1) is 10.8. The van der Waals surface area contributed by atoms with Gasteiger partial charge in [-0.3, -0.25) is 9.78 Å². The van der Waals surface area contributed by atoms with E-state index < -0.39 is 17.5 Å². The molecular weight excluding hydrogens is 296 g/mol. The summed E-state index contributed by atoms with van der Waals surface area (Å²) in [5.74, 6) is -1.79. The molecule has 0 radical (unpaired) electrons. The van der Waals surface area contributed by atoms with Crippen LogP contribution < -0.4 is 5.32 Å². The molecule has 0 aromatic carbocycles. The topological polar surface area (TPSA) is 108 Å². The van der Waals surface area contributed by atoms with Gasteiger partial charge in [-0.1, -0.05) is 26.8 Å². The van der Waals surface area contributed by atoms with E-state index in [0.29, 0.717) is 12.2 Å². The number of carbonyl (C=O) groups is 1. The Balaban J connectivity index is 2.24. The molecule has 2 aromatic heterocycles. The lowest BCUT2D eigenvalue weighted by Gasteiger charge is -2.18. The average Bonchev–Trinajstić information content (AvgIpc) is 2.49. The molecule has 0 unspecified atom stereocenters. The maximum Gasteiger partial charge on any atom is 0.274 e. The molecule has 122 valence electrons. The fraction of sp³-hybridized carbons (Fsp3) is 0.375. The molecule has 0 saturated heterocycles. The fourth-order valence-corrected chi connectivity index (χ4v) is 1.85. The first-order valence-corrected chi connectivity index (χ1v) is 7.27. The minimum atomic E-state index is -0.651. The number of aromatic hydroxyl groups is 2. The monoisotopic (exact) mass is 316 g/mol. The van der Waals surface area contributed by atoms with Gasteiger partial charge in [-0.15, -0.1) is 0 Å². The Morgan fingerprint density at radius 1 is 1.22 bits per heavy atom. The third-order valence-corrected chi connectivity index (χ3v) is 3.14. The van der Waals surface area contributed by atoms with E-state index in [1.54, 1.807) is 24.4 Å². The predicted molar refractivity (Wildman–Crippen MR) is 85.0 cm³/mol. The number of nitrogens with one attached hydrogen (secondary N) is 1. The number of hydrogen-bond donors (Lipinski definition) is 3. The zero-order valence-corrected chi connectivity index (χ0v) is 13.4. The van der Waals surface area contributed by atoms with Crippen LogP contribution in [0.25, 0.3) is 11.5 Å². The summed E-state index contributed by atoms with van der Waals surface area (Å²) in [5.41, 5.74) is 0.195. The van der Waals surface area contributed by atoms with Gasteiger partial charge in [0.25, 0.3) is 11.8 Å². The molecule has 0 bridgehead atoms. The van der Waals surface area contributed by atoms with Crippen LogP contribution in [-0.4, -0.2) is 37.6 Å². The van der Waals surface area contributed by atoms with E-state index in [0.717, 1.165) is 6.42 Å². The number of rotatable bonds is 4. The summed E-state index contributed by atoms with van der Waals surface area (Å²) in [4.78, 5) is 24.0. The standard InChI is InChI=1S/C16H20N4O3/c1-16(2,3)7-9-18-14(22)11-12(21)15(23)20-13(19-11)10-6-4-5-8-17-10/h4-6,8,21H,7,9H2,1-3H3,(H,18,22)(H,19,20,23). The number of nitrogens with zero attached hydrogens (tertiary/aromatic N) is 3. The van der Waals surface area contributed by atoms with Crippen molar-refractivity contribution in [1.29, 1.82) is 0 Å². The van der Waals surface area contributed by atoms with Gasteiger partial charge in [0, 0.05) is 12.7 Å². The summed E-state index contributed by atoms with van der Waals surface area (Å²) in [6.45, 7) is 6.62. The number of hydrogen-bond acceptors (Lipinski definition) is 6. The van der Waals surface area contributed by atoms with Gasteiger partial charge in [0.1, 0.15) is 5.69 Å². The van der Waals surface area contributed by atoms with Crippen molar-refractivity contribution in [1.82, 2.24) is 20.3 Å². The van der Waals surface area contributed by atoms with Crippen LogP contribution in [-0.2, 0) is 0 Å². The molecular formula is C16H20N4O3.